The van der Waals surface area contributed by atoms with E-state index >= 15 is 0 Å². The Morgan fingerprint density at radius 3 is 2.50 bits per heavy atom. The van der Waals surface area contributed by atoms with E-state index in [-0.39, 0.29) is 4.83 Å². The molecule has 0 radical (unpaired) electrons. The molecule has 1 aromatic heterocycles. The van der Waals surface area contributed by atoms with Crippen LogP contribution in [-0.2, 0) is 0 Å². The van der Waals surface area contributed by atoms with Crippen LogP contribution < -0.4 is 0 Å². The van der Waals surface area contributed by atoms with Crippen LogP contribution in [0.25, 0.3) is 0 Å². The molecule has 0 N–H and O–H groups in total. The fraction of sp³-hybridized carbons (Fsp3) is 0.0909. The first-order valence-electron chi connectivity index (χ1n) is 4.42. The van der Waals surface area contributed by atoms with Gasteiger partial charge in [-0.2, -0.15) is 0 Å². The summed E-state index contributed by atoms with van der Waals surface area (Å²) in [4.78, 5) is 1.28. The third-order valence-electron chi connectivity index (χ3n) is 2.06. The predicted octanol–water partition coefficient (Wildman–Crippen LogP) is 6.30. The lowest BCUT2D eigenvalue weighted by Crippen LogP contribution is -1.88. The van der Waals surface area contributed by atoms with Crippen molar-refractivity contribution in [2.24, 2.45) is 0 Å². The Hall–Kier alpha value is 0.460. The number of rotatable bonds is 2. The van der Waals surface area contributed by atoms with Gasteiger partial charge in [0.2, 0.25) is 0 Å². The van der Waals surface area contributed by atoms with Gasteiger partial charge in [-0.3, -0.25) is 0 Å². The fourth-order valence-corrected chi connectivity index (χ4v) is 3.97. The first kappa shape index (κ1) is 12.9. The summed E-state index contributed by atoms with van der Waals surface area (Å²) in [7, 11) is 0. The Bertz CT molecular complexity index is 491. The maximum atomic E-state index is 6.01. The molecule has 0 saturated heterocycles. The molecule has 0 aliphatic rings. The molecule has 1 unspecified atom stereocenters. The van der Waals surface area contributed by atoms with Crippen LogP contribution in [0.5, 0.6) is 0 Å². The first-order valence-corrected chi connectivity index (χ1v) is 7.70. The second-order valence-electron chi connectivity index (χ2n) is 3.19. The summed E-state index contributed by atoms with van der Waals surface area (Å²) in [6.45, 7) is 0. The molecule has 2 aromatic rings. The lowest BCUT2D eigenvalue weighted by atomic mass is 10.1. The average Bonchev–Trinajstić information content (AvgIpc) is 2.58. The molecule has 0 fully saturated rings. The van der Waals surface area contributed by atoms with E-state index in [1.54, 1.807) is 11.3 Å². The number of hydrogen-bond donors (Lipinski definition) is 0. The molecule has 16 heavy (non-hydrogen) atoms. The van der Waals surface area contributed by atoms with Crippen molar-refractivity contribution < 1.29 is 0 Å². The Morgan fingerprint density at radius 2 is 1.94 bits per heavy atom. The van der Waals surface area contributed by atoms with Crippen molar-refractivity contribution in [2.75, 3.05) is 0 Å². The molecule has 1 heterocycles. The largest absolute Gasteiger partial charge is 0.130 e. The monoisotopic (exact) mass is 398 g/mol. The van der Waals surface area contributed by atoms with Gasteiger partial charge >= 0.3 is 0 Å². The van der Waals surface area contributed by atoms with Crippen LogP contribution in [0.2, 0.25) is 10.0 Å². The van der Waals surface area contributed by atoms with Gasteiger partial charge < -0.3 is 0 Å². The van der Waals surface area contributed by atoms with Gasteiger partial charge in [0.1, 0.15) is 0 Å². The average molecular weight is 401 g/mol. The Morgan fingerprint density at radius 1 is 1.19 bits per heavy atom. The van der Waals surface area contributed by atoms with Crippen molar-refractivity contribution >= 4 is 66.4 Å². The van der Waals surface area contributed by atoms with E-state index in [9.17, 15) is 0 Å². The SMILES string of the molecule is Clc1cccc(C(Br)c2cc(Cl)c(Br)s2)c1. The van der Waals surface area contributed by atoms with E-state index in [4.69, 9.17) is 23.2 Å². The minimum Gasteiger partial charge on any atom is -0.130 e. The second-order valence-corrected chi connectivity index (χ2v) is 7.35. The van der Waals surface area contributed by atoms with Crippen LogP contribution in [0.3, 0.4) is 0 Å². The van der Waals surface area contributed by atoms with Crippen molar-refractivity contribution in [2.45, 2.75) is 4.83 Å². The molecular weight excluding hydrogens is 395 g/mol. The van der Waals surface area contributed by atoms with Gasteiger partial charge in [-0.1, -0.05) is 51.3 Å². The van der Waals surface area contributed by atoms with Gasteiger partial charge in [0.15, 0.2) is 0 Å². The van der Waals surface area contributed by atoms with Crippen molar-refractivity contribution in [3.63, 3.8) is 0 Å². The molecule has 0 bridgehead atoms. The summed E-state index contributed by atoms with van der Waals surface area (Å²) >= 11 is 20.6. The van der Waals surface area contributed by atoms with E-state index in [0.29, 0.717) is 0 Å². The second kappa shape index (κ2) is 5.40. The smallest absolute Gasteiger partial charge is 0.0887 e. The fourth-order valence-electron chi connectivity index (χ4n) is 1.32. The summed E-state index contributed by atoms with van der Waals surface area (Å²) in [5, 5.41) is 1.48. The molecule has 0 saturated carbocycles. The molecule has 0 amide bonds. The van der Waals surface area contributed by atoms with Gasteiger partial charge in [0.05, 0.1) is 13.6 Å². The normalized spacial score (nSPS) is 12.8. The third kappa shape index (κ3) is 2.82. The van der Waals surface area contributed by atoms with E-state index in [2.05, 4.69) is 31.9 Å². The van der Waals surface area contributed by atoms with Crippen LogP contribution in [0.15, 0.2) is 34.1 Å². The predicted molar refractivity (Wildman–Crippen MR) is 79.3 cm³/mol. The molecule has 2 rings (SSSR count). The molecule has 84 valence electrons. The molecule has 0 aliphatic heterocycles. The van der Waals surface area contributed by atoms with Crippen molar-refractivity contribution in [1.82, 2.24) is 0 Å². The highest BCUT2D eigenvalue weighted by molar-refractivity contribution is 9.11. The highest BCUT2D eigenvalue weighted by Crippen LogP contribution is 2.41. The van der Waals surface area contributed by atoms with Crippen LogP contribution in [0.1, 0.15) is 15.3 Å². The summed E-state index contributed by atoms with van der Waals surface area (Å²) in [6, 6.07) is 9.74. The zero-order valence-electron chi connectivity index (χ0n) is 7.88. The zero-order valence-corrected chi connectivity index (χ0v) is 13.4. The number of alkyl halides is 1. The Labute approximate surface area is 125 Å². The van der Waals surface area contributed by atoms with E-state index < -0.39 is 0 Å². The summed E-state index contributed by atoms with van der Waals surface area (Å²) in [5.41, 5.74) is 1.12. The Balaban J connectivity index is 2.35. The molecule has 1 atom stereocenters. The summed E-state index contributed by atoms with van der Waals surface area (Å²) < 4.78 is 0.954. The molecular formula is C11H6Br2Cl2S. The number of thiophene rings is 1. The van der Waals surface area contributed by atoms with Gasteiger partial charge in [-0.25, -0.2) is 0 Å². The van der Waals surface area contributed by atoms with Gasteiger partial charge in [0.25, 0.3) is 0 Å². The first-order chi connectivity index (χ1) is 7.58. The maximum Gasteiger partial charge on any atom is 0.0887 e. The highest BCUT2D eigenvalue weighted by atomic mass is 79.9. The number of benzene rings is 1. The van der Waals surface area contributed by atoms with Gasteiger partial charge in [-0.15, -0.1) is 11.3 Å². The molecule has 1 aromatic carbocycles. The minimum absolute atomic E-state index is 0.125. The minimum atomic E-state index is 0.125. The van der Waals surface area contributed by atoms with Crippen LogP contribution in [0.4, 0.5) is 0 Å². The highest BCUT2D eigenvalue weighted by Gasteiger charge is 2.15. The summed E-state index contributed by atoms with van der Waals surface area (Å²) in [5.74, 6) is 0. The standard InChI is InChI=1S/C11H6Br2Cl2S/c12-10(6-2-1-3-7(14)4-6)9-5-8(15)11(13)16-9/h1-5,10H. The van der Waals surface area contributed by atoms with Crippen LogP contribution >= 0.6 is 66.4 Å². The van der Waals surface area contributed by atoms with Gasteiger partial charge in [0, 0.05) is 9.90 Å². The van der Waals surface area contributed by atoms with E-state index in [1.165, 1.54) is 0 Å². The lowest BCUT2D eigenvalue weighted by Gasteiger charge is -2.07. The van der Waals surface area contributed by atoms with E-state index in [0.717, 1.165) is 24.3 Å². The molecule has 0 aliphatic carbocycles. The molecule has 0 spiro atoms. The van der Waals surface area contributed by atoms with Crippen molar-refractivity contribution in [1.29, 1.82) is 0 Å². The van der Waals surface area contributed by atoms with Crippen LogP contribution in [-0.4, -0.2) is 0 Å². The topological polar surface area (TPSA) is 0 Å². The van der Waals surface area contributed by atoms with Crippen molar-refractivity contribution in [3.05, 3.63) is 54.6 Å². The van der Waals surface area contributed by atoms with Crippen LogP contribution in [0, 0.1) is 0 Å². The number of halogens is 4. The Kier molecular flexibility index (Phi) is 4.36. The molecule has 5 heteroatoms. The summed E-state index contributed by atoms with van der Waals surface area (Å²) in [6.07, 6.45) is 0. The third-order valence-corrected chi connectivity index (χ3v) is 6.15. The quantitative estimate of drug-likeness (QED) is 0.519. The number of hydrogen-bond acceptors (Lipinski definition) is 1. The van der Waals surface area contributed by atoms with E-state index in [1.807, 2.05) is 30.3 Å². The maximum absolute atomic E-state index is 6.01. The lowest BCUT2D eigenvalue weighted by molar-refractivity contribution is 1.23. The zero-order chi connectivity index (χ0) is 11.7. The van der Waals surface area contributed by atoms with Gasteiger partial charge in [-0.05, 0) is 39.7 Å². The molecule has 0 nitrogen and oxygen atoms in total. The van der Waals surface area contributed by atoms with Crippen molar-refractivity contribution in [3.8, 4) is 0 Å².